The first-order valence-corrected chi connectivity index (χ1v) is 13.2. The highest BCUT2D eigenvalue weighted by Crippen LogP contribution is 2.47. The van der Waals surface area contributed by atoms with Gasteiger partial charge in [-0.25, -0.2) is 0 Å². The van der Waals surface area contributed by atoms with Crippen molar-refractivity contribution < 1.29 is 9.84 Å². The van der Waals surface area contributed by atoms with Gasteiger partial charge in [0, 0.05) is 17.1 Å². The highest BCUT2D eigenvalue weighted by atomic mass is 31.1. The number of ether oxygens (including phenoxy) is 1. The molecule has 2 nitrogen and oxygen atoms in total. The molecule has 180 valence electrons. The second-order valence-electron chi connectivity index (χ2n) is 9.70. The van der Waals surface area contributed by atoms with Crippen molar-refractivity contribution in [1.29, 1.82) is 0 Å². The summed E-state index contributed by atoms with van der Waals surface area (Å²) in [6, 6.07) is 33.7. The average Bonchev–Trinajstić information content (AvgIpc) is 2.85. The van der Waals surface area contributed by atoms with Gasteiger partial charge in [-0.1, -0.05) is 119 Å². The maximum absolute atomic E-state index is 10.4. The van der Waals surface area contributed by atoms with E-state index in [1.165, 1.54) is 27.6 Å². The number of aliphatic hydroxyl groups excluding tert-OH is 1. The Morgan fingerprint density at radius 1 is 0.800 bits per heavy atom. The van der Waals surface area contributed by atoms with Crippen LogP contribution >= 0.6 is 8.58 Å². The van der Waals surface area contributed by atoms with Crippen molar-refractivity contribution in [1.82, 2.24) is 0 Å². The highest BCUT2D eigenvalue weighted by molar-refractivity contribution is 7.48. The molecule has 4 aromatic carbocycles. The fourth-order valence-corrected chi connectivity index (χ4v) is 6.19. The van der Waals surface area contributed by atoms with E-state index in [1.807, 2.05) is 19.1 Å². The summed E-state index contributed by atoms with van der Waals surface area (Å²) in [6.07, 6.45) is 0.327. The fraction of sp³-hybridized carbons (Fsp3) is 0.250. The fourth-order valence-electron chi connectivity index (χ4n) is 4.52. The Kier molecular flexibility index (Phi) is 8.06. The van der Waals surface area contributed by atoms with E-state index in [0.29, 0.717) is 15.2 Å². The number of aliphatic hydroxyl groups is 1. The largest absolute Gasteiger partial charge is 0.488 e. The third-order valence-electron chi connectivity index (χ3n) is 6.43. The van der Waals surface area contributed by atoms with E-state index in [2.05, 4.69) is 106 Å². The molecule has 0 aliphatic carbocycles. The maximum atomic E-state index is 10.4. The smallest absolute Gasteiger partial charge is 0.127 e. The average molecular weight is 483 g/mol. The van der Waals surface area contributed by atoms with Crippen molar-refractivity contribution in [3.63, 3.8) is 0 Å². The van der Waals surface area contributed by atoms with Crippen LogP contribution in [0, 0.1) is 6.92 Å². The topological polar surface area (TPSA) is 29.5 Å². The van der Waals surface area contributed by atoms with Crippen molar-refractivity contribution in [2.75, 3.05) is 0 Å². The molecule has 3 heteroatoms. The summed E-state index contributed by atoms with van der Waals surface area (Å²) >= 11 is 0. The van der Waals surface area contributed by atoms with Crippen LogP contribution in [-0.2, 0) is 18.2 Å². The highest BCUT2D eigenvalue weighted by Gasteiger charge is 2.29. The summed E-state index contributed by atoms with van der Waals surface area (Å²) in [7, 11) is 0.491. The number of hydrogen-bond donors (Lipinski definition) is 1. The molecule has 0 fully saturated rings. The molecule has 0 bridgehead atoms. The van der Waals surface area contributed by atoms with Crippen molar-refractivity contribution in [3.8, 4) is 5.75 Å². The molecule has 1 N–H and O–H groups in total. The Labute approximate surface area is 211 Å². The number of aryl methyl sites for hydroxylation is 1. The number of para-hydroxylation sites is 1. The van der Waals surface area contributed by atoms with Gasteiger partial charge >= 0.3 is 0 Å². The lowest BCUT2D eigenvalue weighted by atomic mass is 9.95. The number of rotatable bonds is 9. The van der Waals surface area contributed by atoms with E-state index in [-0.39, 0.29) is 5.16 Å². The van der Waals surface area contributed by atoms with Gasteiger partial charge in [0.2, 0.25) is 0 Å². The lowest BCUT2D eigenvalue weighted by Gasteiger charge is -2.31. The van der Waals surface area contributed by atoms with Gasteiger partial charge in [0.1, 0.15) is 12.4 Å². The van der Waals surface area contributed by atoms with Crippen LogP contribution in [-0.4, -0.2) is 5.11 Å². The van der Waals surface area contributed by atoms with E-state index in [1.54, 1.807) is 0 Å². The Hall–Kier alpha value is -2.93. The predicted octanol–water partition coefficient (Wildman–Crippen LogP) is 7.46. The van der Waals surface area contributed by atoms with Crippen LogP contribution < -0.4 is 10.0 Å². The van der Waals surface area contributed by atoms with E-state index in [0.717, 1.165) is 23.3 Å². The zero-order chi connectivity index (χ0) is 24.8. The van der Waals surface area contributed by atoms with Gasteiger partial charge in [0.05, 0.1) is 6.10 Å². The molecule has 2 unspecified atom stereocenters. The summed E-state index contributed by atoms with van der Waals surface area (Å²) in [4.78, 5) is 0. The Bertz CT molecular complexity index is 1250. The lowest BCUT2D eigenvalue weighted by molar-refractivity contribution is 0.200. The molecule has 35 heavy (non-hydrogen) atoms. The second-order valence-corrected chi connectivity index (χ2v) is 11.7. The summed E-state index contributed by atoms with van der Waals surface area (Å²) < 4.78 is 6.61. The van der Waals surface area contributed by atoms with E-state index in [9.17, 15) is 5.11 Å². The Morgan fingerprint density at radius 2 is 1.43 bits per heavy atom. The third-order valence-corrected chi connectivity index (χ3v) is 8.25. The lowest BCUT2D eigenvalue weighted by Crippen LogP contribution is -2.21. The molecule has 4 rings (SSSR count). The molecule has 0 saturated carbocycles. The number of hydrogen-bond acceptors (Lipinski definition) is 2. The van der Waals surface area contributed by atoms with Gasteiger partial charge in [-0.2, -0.15) is 0 Å². The molecule has 0 aromatic heterocycles. The molecule has 0 aliphatic rings. The molecule has 0 radical (unpaired) electrons. The summed E-state index contributed by atoms with van der Waals surface area (Å²) in [5.41, 5.74) is 7.07. The quantitative estimate of drug-likeness (QED) is 0.251. The van der Waals surface area contributed by atoms with Crippen molar-refractivity contribution in [2.24, 2.45) is 0 Å². The predicted molar refractivity (Wildman–Crippen MR) is 149 cm³/mol. The molecule has 4 aromatic rings. The molecule has 0 heterocycles. The van der Waals surface area contributed by atoms with Crippen molar-refractivity contribution >= 4 is 13.9 Å². The van der Waals surface area contributed by atoms with Crippen LogP contribution in [0.15, 0.2) is 97.1 Å². The molecule has 0 amide bonds. The van der Waals surface area contributed by atoms with Gasteiger partial charge in [-0.3, -0.25) is 0 Å². The van der Waals surface area contributed by atoms with Gasteiger partial charge < -0.3 is 9.84 Å². The van der Waals surface area contributed by atoms with E-state index >= 15 is 0 Å². The summed E-state index contributed by atoms with van der Waals surface area (Å²) in [5, 5.41) is 11.5. The SMILES string of the molecule is Cc1cccc(C(C)O)c1PC(C)(C)c1cccc(Cc2ccccc2)c1OCc1ccccc1. The first-order chi connectivity index (χ1) is 16.8. The second kappa shape index (κ2) is 11.2. The van der Waals surface area contributed by atoms with Crippen molar-refractivity contribution in [3.05, 3.63) is 130 Å². The normalized spacial score (nSPS) is 12.7. The van der Waals surface area contributed by atoms with Crippen LogP contribution in [0.2, 0.25) is 0 Å². The molecule has 0 saturated heterocycles. The third kappa shape index (κ3) is 6.20. The monoisotopic (exact) mass is 482 g/mol. The van der Waals surface area contributed by atoms with Crippen LogP contribution in [0.1, 0.15) is 60.3 Å². The minimum absolute atomic E-state index is 0.172. The van der Waals surface area contributed by atoms with Gasteiger partial charge in [0.25, 0.3) is 0 Å². The van der Waals surface area contributed by atoms with Gasteiger partial charge in [-0.15, -0.1) is 0 Å². The zero-order valence-corrected chi connectivity index (χ0v) is 22.1. The first-order valence-electron chi connectivity index (χ1n) is 12.2. The Morgan fingerprint density at radius 3 is 2.09 bits per heavy atom. The van der Waals surface area contributed by atoms with E-state index < -0.39 is 6.10 Å². The zero-order valence-electron chi connectivity index (χ0n) is 21.1. The molecule has 0 spiro atoms. The van der Waals surface area contributed by atoms with Crippen LogP contribution in [0.5, 0.6) is 5.75 Å². The summed E-state index contributed by atoms with van der Waals surface area (Å²) in [5.74, 6) is 0.977. The van der Waals surface area contributed by atoms with Gasteiger partial charge in [-0.05, 0) is 47.0 Å². The minimum Gasteiger partial charge on any atom is -0.488 e. The van der Waals surface area contributed by atoms with Crippen LogP contribution in [0.25, 0.3) is 0 Å². The Balaban J connectivity index is 1.74. The van der Waals surface area contributed by atoms with Crippen LogP contribution in [0.4, 0.5) is 0 Å². The standard InChI is InChI=1S/C32H35O2P/c1-23-13-11-19-28(24(2)33)31(23)35-32(3,4)29-20-12-18-27(21-25-14-7-5-8-15-25)30(29)34-22-26-16-9-6-10-17-26/h5-20,24,33,35H,21-22H2,1-4H3. The maximum Gasteiger partial charge on any atom is 0.127 e. The molecular weight excluding hydrogens is 447 g/mol. The van der Waals surface area contributed by atoms with Crippen molar-refractivity contribution in [2.45, 2.75) is 52.0 Å². The minimum atomic E-state index is -0.494. The molecule has 2 atom stereocenters. The van der Waals surface area contributed by atoms with Crippen LogP contribution in [0.3, 0.4) is 0 Å². The van der Waals surface area contributed by atoms with E-state index in [4.69, 9.17) is 4.74 Å². The molecular formula is C32H35O2P. The van der Waals surface area contributed by atoms with Gasteiger partial charge in [0.15, 0.2) is 0 Å². The molecule has 0 aliphatic heterocycles. The first kappa shape index (κ1) is 25.2. The summed E-state index contributed by atoms with van der Waals surface area (Å²) in [6.45, 7) is 9.11. The number of benzene rings is 4.